The van der Waals surface area contributed by atoms with E-state index in [0.29, 0.717) is 59.6 Å². The molecule has 1 saturated heterocycles. The van der Waals surface area contributed by atoms with E-state index >= 15 is 0 Å². The van der Waals surface area contributed by atoms with Gasteiger partial charge in [-0.05, 0) is 83.1 Å². The quantitative estimate of drug-likeness (QED) is 0.104. The van der Waals surface area contributed by atoms with Crippen LogP contribution in [0.5, 0.6) is 23.1 Å². The van der Waals surface area contributed by atoms with Crippen molar-refractivity contribution in [1.29, 1.82) is 0 Å². The molecule has 10 heteroatoms. The largest absolute Gasteiger partial charge is 0.493 e. The first-order chi connectivity index (χ1) is 25.7. The third-order valence-corrected chi connectivity index (χ3v) is 9.88. The fourth-order valence-electron chi connectivity index (χ4n) is 6.10. The number of pyridine rings is 1. The summed E-state index contributed by atoms with van der Waals surface area (Å²) in [7, 11) is 0. The molecular formula is C44H46Cl3N3O4. The Hall–Kier alpha value is -4.53. The number of piperazine rings is 1. The van der Waals surface area contributed by atoms with Crippen LogP contribution < -0.4 is 14.2 Å². The molecule has 1 aromatic heterocycles. The topological polar surface area (TPSA) is 64.1 Å². The Morgan fingerprint density at radius 1 is 0.833 bits per heavy atom. The lowest BCUT2D eigenvalue weighted by Gasteiger charge is -2.34. The molecular weight excluding hydrogens is 741 g/mol. The first-order valence-electron chi connectivity index (χ1n) is 18.0. The number of ether oxygens (including phenoxy) is 3. The molecule has 1 aliphatic rings. The molecule has 2 heterocycles. The van der Waals surface area contributed by atoms with Gasteiger partial charge in [0.05, 0.1) is 17.8 Å². The number of halogens is 3. The summed E-state index contributed by atoms with van der Waals surface area (Å²) in [5.74, 6) is 2.89. The van der Waals surface area contributed by atoms with Gasteiger partial charge in [0.15, 0.2) is 5.75 Å². The highest BCUT2D eigenvalue weighted by atomic mass is 35.5. The van der Waals surface area contributed by atoms with Crippen LogP contribution in [0, 0.1) is 6.92 Å². The van der Waals surface area contributed by atoms with Crippen molar-refractivity contribution in [3.8, 4) is 23.1 Å². The van der Waals surface area contributed by atoms with Crippen LogP contribution in [0.4, 0.5) is 0 Å². The molecule has 1 amide bonds. The van der Waals surface area contributed by atoms with Crippen LogP contribution in [-0.4, -0.2) is 53.5 Å². The number of carbonyl (C=O) groups is 1. The third kappa shape index (κ3) is 11.5. The number of aromatic nitrogens is 1. The molecule has 5 aromatic rings. The zero-order valence-electron chi connectivity index (χ0n) is 30.8. The van der Waals surface area contributed by atoms with Gasteiger partial charge in [-0.15, -0.1) is 12.4 Å². The van der Waals surface area contributed by atoms with Crippen molar-refractivity contribution in [3.05, 3.63) is 153 Å². The SMILES string of the molecule is Cc1cc(C=CC(=O)N2CCN(Cc3ccc(CCOc4cccc(C(C)C)c4)cc3)CC2)cc(Cl)c1Oc1ccc(OCc2ccccc2Cl)cn1.Cl. The number of rotatable bonds is 14. The van der Waals surface area contributed by atoms with Crippen molar-refractivity contribution in [2.75, 3.05) is 32.8 Å². The number of benzene rings is 4. The summed E-state index contributed by atoms with van der Waals surface area (Å²) in [6.45, 7) is 11.1. The van der Waals surface area contributed by atoms with Gasteiger partial charge in [-0.25, -0.2) is 4.98 Å². The van der Waals surface area contributed by atoms with Crippen LogP contribution in [-0.2, 0) is 24.4 Å². The van der Waals surface area contributed by atoms with E-state index in [1.165, 1.54) is 16.7 Å². The number of aryl methyl sites for hydroxylation is 1. The highest BCUT2D eigenvalue weighted by molar-refractivity contribution is 6.32. The molecule has 6 rings (SSSR count). The predicted octanol–water partition coefficient (Wildman–Crippen LogP) is 10.6. The highest BCUT2D eigenvalue weighted by Gasteiger charge is 2.20. The zero-order chi connectivity index (χ0) is 37.2. The zero-order valence-corrected chi connectivity index (χ0v) is 33.2. The number of carbonyl (C=O) groups excluding carboxylic acids is 1. The summed E-state index contributed by atoms with van der Waals surface area (Å²) in [6, 6.07) is 31.9. The minimum Gasteiger partial charge on any atom is -0.493 e. The second kappa shape index (κ2) is 19.7. The molecule has 0 saturated carbocycles. The van der Waals surface area contributed by atoms with Crippen LogP contribution in [0.15, 0.2) is 109 Å². The number of hydrogen-bond donors (Lipinski definition) is 0. The Morgan fingerprint density at radius 2 is 1.59 bits per heavy atom. The van der Waals surface area contributed by atoms with Crippen molar-refractivity contribution in [2.45, 2.75) is 46.3 Å². The summed E-state index contributed by atoms with van der Waals surface area (Å²) in [4.78, 5) is 21.7. The molecule has 54 heavy (non-hydrogen) atoms. The molecule has 282 valence electrons. The standard InChI is InChI=1S/C44H45Cl2N3O4.ClH/c1-31(2)36-8-6-9-38(27-36)51-24-19-33-11-13-34(14-12-33)29-48-20-22-49(23-21-48)43(50)18-15-35-25-32(3)44(41(46)26-35)53-42-17-16-39(28-47-42)52-30-37-7-4-5-10-40(37)45;/h4-18,25-28,31H,19-24,29-30H2,1-3H3;1H. The molecule has 0 radical (unpaired) electrons. The second-order valence-electron chi connectivity index (χ2n) is 13.5. The van der Waals surface area contributed by atoms with E-state index in [1.54, 1.807) is 36.5 Å². The molecule has 0 N–H and O–H groups in total. The first kappa shape index (κ1) is 40.7. The molecule has 0 bridgehead atoms. The Morgan fingerprint density at radius 3 is 2.30 bits per heavy atom. The van der Waals surface area contributed by atoms with Gasteiger partial charge in [0.25, 0.3) is 0 Å². The molecule has 1 fully saturated rings. The van der Waals surface area contributed by atoms with E-state index < -0.39 is 0 Å². The minimum atomic E-state index is -0.0118. The average molecular weight is 787 g/mol. The number of amides is 1. The van der Waals surface area contributed by atoms with Crippen LogP contribution in [0.1, 0.15) is 53.1 Å². The van der Waals surface area contributed by atoms with Crippen LogP contribution >= 0.6 is 35.6 Å². The Labute approximate surface area is 334 Å². The maximum Gasteiger partial charge on any atom is 0.246 e. The summed E-state index contributed by atoms with van der Waals surface area (Å²) < 4.78 is 17.9. The van der Waals surface area contributed by atoms with Gasteiger partial charge >= 0.3 is 0 Å². The summed E-state index contributed by atoms with van der Waals surface area (Å²) in [6.07, 6.45) is 5.88. The van der Waals surface area contributed by atoms with Crippen molar-refractivity contribution in [2.24, 2.45) is 0 Å². The lowest BCUT2D eigenvalue weighted by atomic mass is 10.0. The first-order valence-corrected chi connectivity index (χ1v) is 18.8. The van der Waals surface area contributed by atoms with Crippen molar-refractivity contribution < 1.29 is 19.0 Å². The van der Waals surface area contributed by atoms with Gasteiger partial charge in [-0.2, -0.15) is 0 Å². The number of hydrogen-bond acceptors (Lipinski definition) is 6. The van der Waals surface area contributed by atoms with E-state index in [-0.39, 0.29) is 18.3 Å². The smallest absolute Gasteiger partial charge is 0.246 e. The van der Waals surface area contributed by atoms with Gasteiger partial charge in [0.2, 0.25) is 11.8 Å². The minimum absolute atomic E-state index is 0. The Bertz CT molecular complexity index is 1990. The van der Waals surface area contributed by atoms with Gasteiger partial charge in [-0.1, -0.05) is 91.6 Å². The molecule has 0 atom stereocenters. The van der Waals surface area contributed by atoms with Gasteiger partial charge in [-0.3, -0.25) is 9.69 Å². The molecule has 0 spiro atoms. The van der Waals surface area contributed by atoms with Crippen LogP contribution in [0.3, 0.4) is 0 Å². The van der Waals surface area contributed by atoms with Crippen molar-refractivity contribution in [3.63, 3.8) is 0 Å². The van der Waals surface area contributed by atoms with E-state index in [0.717, 1.165) is 48.5 Å². The van der Waals surface area contributed by atoms with Crippen LogP contribution in [0.2, 0.25) is 10.0 Å². The molecule has 4 aromatic carbocycles. The summed E-state index contributed by atoms with van der Waals surface area (Å²) in [5, 5.41) is 1.09. The molecule has 0 aliphatic carbocycles. The predicted molar refractivity (Wildman–Crippen MR) is 221 cm³/mol. The molecule has 0 unspecified atom stereocenters. The normalized spacial score (nSPS) is 13.2. The van der Waals surface area contributed by atoms with Crippen molar-refractivity contribution in [1.82, 2.24) is 14.8 Å². The van der Waals surface area contributed by atoms with Gasteiger partial charge in [0.1, 0.15) is 18.1 Å². The van der Waals surface area contributed by atoms with E-state index in [1.807, 2.05) is 48.2 Å². The Kier molecular flexibility index (Phi) is 14.8. The third-order valence-electron chi connectivity index (χ3n) is 9.24. The monoisotopic (exact) mass is 785 g/mol. The average Bonchev–Trinajstić information content (AvgIpc) is 3.16. The highest BCUT2D eigenvalue weighted by Crippen LogP contribution is 2.34. The van der Waals surface area contributed by atoms with E-state index in [4.69, 9.17) is 37.4 Å². The summed E-state index contributed by atoms with van der Waals surface area (Å²) in [5.41, 5.74) is 6.36. The molecule has 7 nitrogen and oxygen atoms in total. The summed E-state index contributed by atoms with van der Waals surface area (Å²) >= 11 is 12.9. The fourth-order valence-corrected chi connectivity index (χ4v) is 6.60. The molecule has 1 aliphatic heterocycles. The van der Waals surface area contributed by atoms with Crippen molar-refractivity contribution >= 4 is 47.6 Å². The second-order valence-corrected chi connectivity index (χ2v) is 14.4. The number of nitrogens with zero attached hydrogens (tertiary/aromatic N) is 3. The lowest BCUT2D eigenvalue weighted by Crippen LogP contribution is -2.47. The Balaban J connectivity index is 0.00000561. The van der Waals surface area contributed by atoms with Gasteiger partial charge in [0, 0.05) is 61.9 Å². The lowest BCUT2D eigenvalue weighted by molar-refractivity contribution is -0.127. The van der Waals surface area contributed by atoms with Crippen LogP contribution in [0.25, 0.3) is 6.08 Å². The fraction of sp³-hybridized carbons (Fsp3) is 0.273. The maximum absolute atomic E-state index is 13.1. The maximum atomic E-state index is 13.1. The van der Waals surface area contributed by atoms with E-state index in [9.17, 15) is 4.79 Å². The van der Waals surface area contributed by atoms with E-state index in [2.05, 4.69) is 66.2 Å². The van der Waals surface area contributed by atoms with Gasteiger partial charge < -0.3 is 19.1 Å².